The van der Waals surface area contributed by atoms with Crippen molar-refractivity contribution in [1.29, 1.82) is 0 Å². The van der Waals surface area contributed by atoms with Gasteiger partial charge in [-0.2, -0.15) is 0 Å². The predicted molar refractivity (Wildman–Crippen MR) is 59.4 cm³/mol. The van der Waals surface area contributed by atoms with Crippen LogP contribution in [0.3, 0.4) is 0 Å². The smallest absolute Gasteiger partial charge is 0.0595 e. The number of piperidine rings is 1. The Labute approximate surface area is 87.6 Å². The topological polar surface area (TPSA) is 38.5 Å². The molecule has 0 spiro atoms. The van der Waals surface area contributed by atoms with E-state index in [0.717, 1.165) is 13.0 Å². The minimum Gasteiger partial charge on any atom is -0.381 e. The Morgan fingerprint density at radius 2 is 2.07 bits per heavy atom. The molecule has 84 valence electrons. The zero-order valence-corrected chi connectivity index (χ0v) is 9.54. The summed E-state index contributed by atoms with van der Waals surface area (Å²) in [6.07, 6.45) is 5.24. The van der Waals surface area contributed by atoms with Crippen molar-refractivity contribution in [2.45, 2.75) is 44.8 Å². The first-order chi connectivity index (χ1) is 6.77. The number of methoxy groups -OCH3 is 1. The van der Waals surface area contributed by atoms with E-state index in [0.29, 0.717) is 12.1 Å². The highest BCUT2D eigenvalue weighted by atomic mass is 16.5. The first-order valence-corrected chi connectivity index (χ1v) is 5.74. The average molecular weight is 200 g/mol. The van der Waals surface area contributed by atoms with E-state index in [1.165, 1.54) is 32.4 Å². The van der Waals surface area contributed by atoms with Crippen LogP contribution in [0, 0.1) is 0 Å². The van der Waals surface area contributed by atoms with Gasteiger partial charge in [-0.15, -0.1) is 0 Å². The molecule has 1 atom stereocenters. The summed E-state index contributed by atoms with van der Waals surface area (Å²) in [5, 5.41) is 0. The summed E-state index contributed by atoms with van der Waals surface area (Å²) in [5.41, 5.74) is 5.51. The number of ether oxygens (including phenoxy) is 1. The van der Waals surface area contributed by atoms with Gasteiger partial charge in [-0.3, -0.25) is 0 Å². The van der Waals surface area contributed by atoms with Crippen LogP contribution >= 0.6 is 0 Å². The van der Waals surface area contributed by atoms with Gasteiger partial charge < -0.3 is 15.4 Å². The van der Waals surface area contributed by atoms with Crippen LogP contribution in [-0.4, -0.2) is 43.8 Å². The summed E-state index contributed by atoms with van der Waals surface area (Å²) in [7, 11) is 1.82. The maximum Gasteiger partial charge on any atom is 0.0595 e. The molecule has 14 heavy (non-hydrogen) atoms. The van der Waals surface area contributed by atoms with Gasteiger partial charge in [0.1, 0.15) is 0 Å². The number of nitrogens with two attached hydrogens (primary N) is 1. The molecule has 0 aliphatic carbocycles. The van der Waals surface area contributed by atoms with E-state index in [2.05, 4.69) is 11.8 Å². The van der Waals surface area contributed by atoms with Crippen LogP contribution in [0.5, 0.6) is 0 Å². The number of hydrogen-bond donors (Lipinski definition) is 1. The van der Waals surface area contributed by atoms with Gasteiger partial charge in [0.05, 0.1) is 6.10 Å². The zero-order chi connectivity index (χ0) is 10.4. The van der Waals surface area contributed by atoms with Crippen molar-refractivity contribution in [3.8, 4) is 0 Å². The first kappa shape index (κ1) is 12.0. The molecule has 0 aromatic carbocycles. The summed E-state index contributed by atoms with van der Waals surface area (Å²) in [6.45, 7) is 5.50. The van der Waals surface area contributed by atoms with E-state index in [1.54, 1.807) is 0 Å². The third-order valence-electron chi connectivity index (χ3n) is 3.26. The van der Waals surface area contributed by atoms with E-state index < -0.39 is 0 Å². The van der Waals surface area contributed by atoms with Crippen molar-refractivity contribution in [3.05, 3.63) is 0 Å². The Balaban J connectivity index is 2.19. The minimum absolute atomic E-state index is 0.493. The number of hydrogen-bond acceptors (Lipinski definition) is 3. The van der Waals surface area contributed by atoms with Gasteiger partial charge >= 0.3 is 0 Å². The molecule has 1 aliphatic rings. The zero-order valence-electron chi connectivity index (χ0n) is 9.54. The van der Waals surface area contributed by atoms with Gasteiger partial charge in [0.25, 0.3) is 0 Å². The molecule has 3 heteroatoms. The molecule has 1 heterocycles. The maximum atomic E-state index is 5.51. The summed E-state index contributed by atoms with van der Waals surface area (Å²) >= 11 is 0. The van der Waals surface area contributed by atoms with Crippen LogP contribution in [-0.2, 0) is 4.74 Å². The Kier molecular flexibility index (Phi) is 5.45. The molecular weight excluding hydrogens is 176 g/mol. The molecule has 1 aliphatic heterocycles. The molecule has 1 rings (SSSR count). The SMILES string of the molecule is COC1CCN(C(C)CCCN)CC1. The minimum atomic E-state index is 0.493. The quantitative estimate of drug-likeness (QED) is 0.725. The van der Waals surface area contributed by atoms with E-state index in [4.69, 9.17) is 10.5 Å². The van der Waals surface area contributed by atoms with Crippen molar-refractivity contribution in [2.24, 2.45) is 5.73 Å². The molecule has 0 radical (unpaired) electrons. The van der Waals surface area contributed by atoms with Crippen molar-refractivity contribution in [2.75, 3.05) is 26.7 Å². The molecule has 2 N–H and O–H groups in total. The fourth-order valence-electron chi connectivity index (χ4n) is 2.15. The molecule has 0 amide bonds. The maximum absolute atomic E-state index is 5.51. The largest absolute Gasteiger partial charge is 0.381 e. The van der Waals surface area contributed by atoms with Gasteiger partial charge in [0.15, 0.2) is 0 Å². The molecule has 3 nitrogen and oxygen atoms in total. The lowest BCUT2D eigenvalue weighted by molar-refractivity contribution is 0.0284. The highest BCUT2D eigenvalue weighted by Crippen LogP contribution is 2.17. The fraction of sp³-hybridized carbons (Fsp3) is 1.00. The molecule has 0 aromatic rings. The Bertz CT molecular complexity index is 144. The van der Waals surface area contributed by atoms with Crippen LogP contribution < -0.4 is 5.73 Å². The average Bonchev–Trinajstić information content (AvgIpc) is 2.26. The van der Waals surface area contributed by atoms with Crippen LogP contribution in [0.15, 0.2) is 0 Å². The second kappa shape index (κ2) is 6.38. The number of likely N-dealkylation sites (tertiary alicyclic amines) is 1. The van der Waals surface area contributed by atoms with Crippen molar-refractivity contribution in [1.82, 2.24) is 4.90 Å². The van der Waals surface area contributed by atoms with Gasteiger partial charge in [0.2, 0.25) is 0 Å². The lowest BCUT2D eigenvalue weighted by Crippen LogP contribution is -2.42. The highest BCUT2D eigenvalue weighted by molar-refractivity contribution is 4.76. The second-order valence-electron chi connectivity index (χ2n) is 4.25. The summed E-state index contributed by atoms with van der Waals surface area (Å²) in [4.78, 5) is 2.56. The first-order valence-electron chi connectivity index (χ1n) is 5.74. The van der Waals surface area contributed by atoms with Crippen molar-refractivity contribution < 1.29 is 4.74 Å². The van der Waals surface area contributed by atoms with E-state index in [9.17, 15) is 0 Å². The molecule has 1 fully saturated rings. The third kappa shape index (κ3) is 3.56. The molecule has 1 unspecified atom stereocenters. The summed E-state index contributed by atoms with van der Waals surface area (Å²) in [6, 6.07) is 0.691. The Morgan fingerprint density at radius 1 is 1.43 bits per heavy atom. The van der Waals surface area contributed by atoms with Gasteiger partial charge in [-0.1, -0.05) is 0 Å². The molecule has 1 saturated heterocycles. The summed E-state index contributed by atoms with van der Waals surface area (Å²) < 4.78 is 5.35. The monoisotopic (exact) mass is 200 g/mol. The normalized spacial score (nSPS) is 22.5. The van der Waals surface area contributed by atoms with E-state index in [1.807, 2.05) is 7.11 Å². The molecular formula is C11H24N2O. The molecule has 0 saturated carbocycles. The lowest BCUT2D eigenvalue weighted by Gasteiger charge is -2.35. The summed E-state index contributed by atoms with van der Waals surface area (Å²) in [5.74, 6) is 0. The van der Waals surface area contributed by atoms with Crippen LogP contribution in [0.25, 0.3) is 0 Å². The third-order valence-corrected chi connectivity index (χ3v) is 3.26. The standard InChI is InChI=1S/C11H24N2O/c1-10(4-3-7-12)13-8-5-11(14-2)6-9-13/h10-11H,3-9,12H2,1-2H3. The van der Waals surface area contributed by atoms with Crippen molar-refractivity contribution >= 4 is 0 Å². The van der Waals surface area contributed by atoms with Gasteiger partial charge in [0, 0.05) is 26.2 Å². The number of nitrogens with zero attached hydrogens (tertiary/aromatic N) is 1. The highest BCUT2D eigenvalue weighted by Gasteiger charge is 2.21. The van der Waals surface area contributed by atoms with Crippen LogP contribution in [0.1, 0.15) is 32.6 Å². The second-order valence-corrected chi connectivity index (χ2v) is 4.25. The lowest BCUT2D eigenvalue weighted by atomic mass is 10.0. The van der Waals surface area contributed by atoms with Gasteiger partial charge in [-0.25, -0.2) is 0 Å². The van der Waals surface area contributed by atoms with E-state index in [-0.39, 0.29) is 0 Å². The molecule has 0 bridgehead atoms. The van der Waals surface area contributed by atoms with Crippen LogP contribution in [0.2, 0.25) is 0 Å². The van der Waals surface area contributed by atoms with Crippen LogP contribution in [0.4, 0.5) is 0 Å². The number of rotatable bonds is 5. The predicted octanol–water partition coefficient (Wildman–Crippen LogP) is 1.22. The Hall–Kier alpha value is -0.120. The fourth-order valence-corrected chi connectivity index (χ4v) is 2.15. The Morgan fingerprint density at radius 3 is 2.57 bits per heavy atom. The van der Waals surface area contributed by atoms with E-state index >= 15 is 0 Å². The van der Waals surface area contributed by atoms with Gasteiger partial charge in [-0.05, 0) is 39.2 Å². The van der Waals surface area contributed by atoms with Crippen molar-refractivity contribution in [3.63, 3.8) is 0 Å². The molecule has 0 aromatic heterocycles.